The van der Waals surface area contributed by atoms with E-state index in [9.17, 15) is 0 Å². The van der Waals surface area contributed by atoms with E-state index in [1.807, 2.05) is 0 Å². The number of aromatic nitrogens is 1. The van der Waals surface area contributed by atoms with Crippen molar-refractivity contribution in [1.29, 1.82) is 0 Å². The summed E-state index contributed by atoms with van der Waals surface area (Å²) in [6.45, 7) is 4.98. The molecule has 2 aromatic rings. The number of benzene rings is 1. The number of allylic oxidation sites excluding steroid dienone is 9. The molecule has 0 saturated heterocycles. The molecule has 0 amide bonds. The third kappa shape index (κ3) is 2.36. The molecule has 5 unspecified atom stereocenters. The minimum atomic E-state index is 0.287. The Hall–Kier alpha value is -3.06. The maximum Gasteiger partial charge on any atom is 0.0425 e. The number of rotatable bonds is 0. The molecule has 0 bridgehead atoms. The predicted octanol–water partition coefficient (Wildman–Crippen LogP) is 6.06. The van der Waals surface area contributed by atoms with Crippen molar-refractivity contribution < 1.29 is 0 Å². The van der Waals surface area contributed by atoms with Crippen LogP contribution < -0.4 is 10.6 Å². The molecular weight excluding hydrogens is 410 g/mol. The van der Waals surface area contributed by atoms with Crippen molar-refractivity contribution in [2.24, 2.45) is 29.1 Å². The van der Waals surface area contributed by atoms with E-state index >= 15 is 0 Å². The Kier molecular flexibility index (Phi) is 3.70. The molecule has 34 heavy (non-hydrogen) atoms. The number of hydrogen-bond donors (Lipinski definition) is 1. The number of aromatic amines is 1. The molecule has 0 radical (unpaired) electrons. The third-order valence-electron chi connectivity index (χ3n) is 9.89. The van der Waals surface area contributed by atoms with E-state index in [2.05, 4.69) is 97.8 Å². The fourth-order valence-corrected chi connectivity index (χ4v) is 8.21. The maximum absolute atomic E-state index is 3.92. The summed E-state index contributed by atoms with van der Waals surface area (Å²) in [6.07, 6.45) is 25.5. The van der Waals surface area contributed by atoms with Crippen LogP contribution in [-0.4, -0.2) is 4.98 Å². The molecule has 168 valence electrons. The zero-order valence-corrected chi connectivity index (χ0v) is 20.0. The van der Waals surface area contributed by atoms with Gasteiger partial charge in [-0.1, -0.05) is 104 Å². The molecular formula is C33H31N. The van der Waals surface area contributed by atoms with Gasteiger partial charge in [0.1, 0.15) is 0 Å². The van der Waals surface area contributed by atoms with Gasteiger partial charge in [0.05, 0.1) is 0 Å². The summed E-state index contributed by atoms with van der Waals surface area (Å²) in [7, 11) is 0. The van der Waals surface area contributed by atoms with Gasteiger partial charge in [-0.15, -0.1) is 0 Å². The molecule has 1 heterocycles. The smallest absolute Gasteiger partial charge is 0.0425 e. The van der Waals surface area contributed by atoms with Crippen molar-refractivity contribution >= 4 is 23.8 Å². The molecule has 1 nitrogen and oxygen atoms in total. The Morgan fingerprint density at radius 3 is 2.79 bits per heavy atom. The summed E-state index contributed by atoms with van der Waals surface area (Å²) in [5.74, 6) is 2.70. The average molecular weight is 442 g/mol. The summed E-state index contributed by atoms with van der Waals surface area (Å²) in [6, 6.07) is 9.10. The Labute approximate surface area is 201 Å². The van der Waals surface area contributed by atoms with Crippen molar-refractivity contribution in [3.63, 3.8) is 0 Å². The van der Waals surface area contributed by atoms with Crippen LogP contribution in [0.4, 0.5) is 0 Å². The van der Waals surface area contributed by atoms with Gasteiger partial charge in [0.25, 0.3) is 0 Å². The minimum Gasteiger partial charge on any atom is -0.358 e. The van der Waals surface area contributed by atoms with Gasteiger partial charge >= 0.3 is 0 Å². The zero-order chi connectivity index (χ0) is 22.6. The molecule has 1 aromatic heterocycles. The van der Waals surface area contributed by atoms with Crippen LogP contribution >= 0.6 is 0 Å². The van der Waals surface area contributed by atoms with Gasteiger partial charge < -0.3 is 4.98 Å². The second-order valence-electron chi connectivity index (χ2n) is 11.7. The highest BCUT2D eigenvalue weighted by atomic mass is 14.7. The monoisotopic (exact) mass is 441 g/mol. The highest BCUT2D eigenvalue weighted by Gasteiger charge is 2.51. The summed E-state index contributed by atoms with van der Waals surface area (Å²) in [4.78, 5) is 3.92. The second-order valence-corrected chi connectivity index (χ2v) is 11.7. The minimum absolute atomic E-state index is 0.287. The number of fused-ring (bicyclic) bond motifs is 11. The van der Waals surface area contributed by atoms with E-state index < -0.39 is 0 Å². The fraction of sp³-hybridized carbons (Fsp3) is 0.333. The standard InChI is InChI=1S/C33H31N/c1-33(2)29-14-8-7-13-23(29)26-16-28-27-15-24-21-11-5-3-9-19(21)20-10-4-6-12-22(20)25(24)17-31(27)34-32(28)18-30(26)33/h3-4,6-10,12-17,23-25,29-30,34H,5,11,18H2,1-2H3. The second kappa shape index (κ2) is 6.54. The van der Waals surface area contributed by atoms with Gasteiger partial charge in [-0.25, -0.2) is 0 Å². The van der Waals surface area contributed by atoms with Crippen LogP contribution in [0.1, 0.15) is 55.0 Å². The lowest BCUT2D eigenvalue weighted by atomic mass is 9.67. The van der Waals surface area contributed by atoms with Crippen molar-refractivity contribution in [3.05, 3.63) is 105 Å². The van der Waals surface area contributed by atoms with E-state index in [0.717, 1.165) is 6.42 Å². The number of nitrogens with one attached hydrogen (secondary N) is 1. The van der Waals surface area contributed by atoms with Crippen LogP contribution in [0, 0.1) is 29.1 Å². The first-order valence-electron chi connectivity index (χ1n) is 13.1. The molecule has 5 atom stereocenters. The highest BCUT2D eigenvalue weighted by molar-refractivity contribution is 5.85. The Bertz CT molecular complexity index is 1530. The molecule has 1 fully saturated rings. The first-order chi connectivity index (χ1) is 16.6. The van der Waals surface area contributed by atoms with E-state index in [1.165, 1.54) is 51.4 Å². The van der Waals surface area contributed by atoms with Gasteiger partial charge in [-0.05, 0) is 53.2 Å². The van der Waals surface area contributed by atoms with Crippen LogP contribution in [0.5, 0.6) is 0 Å². The molecule has 1 N–H and O–H groups in total. The SMILES string of the molecule is CC1(C)C2Cc3[nH]c4c(c3C=C2C2C=CC=CC21)=CC1C2=C(C=CCC2)c2ccccc2C1C=4. The Morgan fingerprint density at radius 1 is 0.971 bits per heavy atom. The summed E-state index contributed by atoms with van der Waals surface area (Å²) < 4.78 is 0. The van der Waals surface area contributed by atoms with Gasteiger partial charge in [0, 0.05) is 39.6 Å². The summed E-state index contributed by atoms with van der Waals surface area (Å²) >= 11 is 0. The molecule has 1 aromatic carbocycles. The van der Waals surface area contributed by atoms with Crippen LogP contribution in [0.3, 0.4) is 0 Å². The van der Waals surface area contributed by atoms with Crippen LogP contribution in [0.2, 0.25) is 0 Å². The normalized spacial score (nSPS) is 32.8. The lowest BCUT2D eigenvalue weighted by Gasteiger charge is -2.36. The maximum atomic E-state index is 3.92. The van der Waals surface area contributed by atoms with Crippen molar-refractivity contribution in [1.82, 2.24) is 4.98 Å². The van der Waals surface area contributed by atoms with Crippen molar-refractivity contribution in [2.75, 3.05) is 0 Å². The first kappa shape index (κ1) is 19.3. The predicted molar refractivity (Wildman–Crippen MR) is 141 cm³/mol. The first-order valence-corrected chi connectivity index (χ1v) is 13.1. The van der Waals surface area contributed by atoms with Gasteiger partial charge in [-0.2, -0.15) is 0 Å². The Morgan fingerprint density at radius 2 is 1.85 bits per heavy atom. The van der Waals surface area contributed by atoms with E-state index in [0.29, 0.717) is 29.6 Å². The van der Waals surface area contributed by atoms with E-state index in [1.54, 1.807) is 11.1 Å². The third-order valence-corrected chi connectivity index (χ3v) is 9.89. The van der Waals surface area contributed by atoms with E-state index in [-0.39, 0.29) is 5.41 Å². The zero-order valence-electron chi connectivity index (χ0n) is 20.0. The Balaban J connectivity index is 1.34. The summed E-state index contributed by atoms with van der Waals surface area (Å²) in [5.41, 5.74) is 10.9. The lowest BCUT2D eigenvalue weighted by Crippen LogP contribution is -2.35. The van der Waals surface area contributed by atoms with Crippen LogP contribution in [0.15, 0.2) is 71.9 Å². The van der Waals surface area contributed by atoms with Crippen LogP contribution in [0.25, 0.3) is 23.8 Å². The fourth-order valence-electron chi connectivity index (χ4n) is 8.21. The molecule has 0 spiro atoms. The van der Waals surface area contributed by atoms with Crippen molar-refractivity contribution in [2.45, 2.75) is 39.0 Å². The van der Waals surface area contributed by atoms with E-state index in [4.69, 9.17) is 0 Å². The number of H-pyrrole nitrogens is 1. The number of hydrogen-bond acceptors (Lipinski definition) is 0. The van der Waals surface area contributed by atoms with Gasteiger partial charge in [0.2, 0.25) is 0 Å². The van der Waals surface area contributed by atoms with Gasteiger partial charge in [0.15, 0.2) is 0 Å². The molecule has 1 saturated carbocycles. The van der Waals surface area contributed by atoms with Crippen LogP contribution in [-0.2, 0) is 6.42 Å². The van der Waals surface area contributed by atoms with Crippen molar-refractivity contribution in [3.8, 4) is 0 Å². The topological polar surface area (TPSA) is 15.8 Å². The highest BCUT2D eigenvalue weighted by Crippen LogP contribution is 2.58. The lowest BCUT2D eigenvalue weighted by molar-refractivity contribution is 0.215. The largest absolute Gasteiger partial charge is 0.358 e. The molecule has 8 rings (SSSR count). The summed E-state index contributed by atoms with van der Waals surface area (Å²) in [5, 5.41) is 2.81. The molecule has 1 heteroatoms. The molecule has 0 aliphatic heterocycles. The quantitative estimate of drug-likeness (QED) is 0.511. The average Bonchev–Trinajstić information content (AvgIpc) is 3.34. The van der Waals surface area contributed by atoms with Gasteiger partial charge in [-0.3, -0.25) is 0 Å². The molecule has 6 aliphatic carbocycles. The molecule has 6 aliphatic rings.